The molecule has 2 aliphatic heterocycles. The lowest BCUT2D eigenvalue weighted by Crippen LogP contribution is -2.56. The van der Waals surface area contributed by atoms with Crippen molar-refractivity contribution in [3.8, 4) is 0 Å². The molecule has 8 rings (SSSR count). The smallest absolute Gasteiger partial charge is 0.253 e. The van der Waals surface area contributed by atoms with Crippen molar-refractivity contribution in [2.45, 2.75) is 162 Å². The van der Waals surface area contributed by atoms with Gasteiger partial charge in [0.15, 0.2) is 0 Å². The average Bonchev–Trinajstić information content (AvgIpc) is 4.06. The SMILES string of the molecule is CC[C@@H](C)C(=O)N[C@H](C(=O)N1CC[C@H](C)[C@H]1CN(CCc1ccccc1)C(=O)c1ccc2cc(C(=O)N(CCc3ccccc3)C[C@@H]3[C@@H](C)CCN3C(=O)[C@@H](CC(=O)[C@H](C)NC)C3CCCCC3)ccc2c1)C1CCCCC1. The fraction of sp³-hybridized carbons (Fsp3) is 0.576. The first kappa shape index (κ1) is 58.3. The van der Waals surface area contributed by atoms with E-state index in [9.17, 15) is 19.2 Å². The van der Waals surface area contributed by atoms with Gasteiger partial charge in [-0.15, -0.1) is 0 Å². The Bertz CT molecular complexity index is 2470. The summed E-state index contributed by atoms with van der Waals surface area (Å²) in [6, 6.07) is 30.5. The van der Waals surface area contributed by atoms with Crippen LogP contribution in [0.2, 0.25) is 0 Å². The second-order valence-corrected chi connectivity index (χ2v) is 23.9. The monoisotopic (exact) mass is 1060 g/mol. The third-order valence-electron chi connectivity index (χ3n) is 18.7. The van der Waals surface area contributed by atoms with Gasteiger partial charge in [0.05, 0.1) is 18.1 Å². The zero-order valence-corrected chi connectivity index (χ0v) is 47.8. The van der Waals surface area contributed by atoms with Gasteiger partial charge in [-0.3, -0.25) is 28.8 Å². The lowest BCUT2D eigenvalue weighted by molar-refractivity contribution is -0.142. The fourth-order valence-corrected chi connectivity index (χ4v) is 13.1. The number of Topliss-reactive ketones (excluding diaryl/α,β-unsaturated/α-hetero) is 1. The predicted molar refractivity (Wildman–Crippen MR) is 311 cm³/mol. The van der Waals surface area contributed by atoms with Crippen molar-refractivity contribution >= 4 is 46.1 Å². The van der Waals surface area contributed by atoms with Gasteiger partial charge in [-0.05, 0) is 142 Å². The van der Waals surface area contributed by atoms with Crippen LogP contribution in [0.25, 0.3) is 10.8 Å². The van der Waals surface area contributed by atoms with E-state index in [1.165, 1.54) is 0 Å². The Kier molecular flexibility index (Phi) is 20.8. The largest absolute Gasteiger partial charge is 0.344 e. The maximum absolute atomic E-state index is 15.0. The molecule has 8 atom stereocenters. The fourth-order valence-electron chi connectivity index (χ4n) is 13.1. The summed E-state index contributed by atoms with van der Waals surface area (Å²) >= 11 is 0. The number of benzene rings is 4. The van der Waals surface area contributed by atoms with E-state index in [0.29, 0.717) is 69.7 Å². The predicted octanol–water partition coefficient (Wildman–Crippen LogP) is 10.6. The minimum Gasteiger partial charge on any atom is -0.344 e. The van der Waals surface area contributed by atoms with Crippen molar-refractivity contribution < 1.29 is 28.8 Å². The third kappa shape index (κ3) is 14.5. The highest BCUT2D eigenvalue weighted by Crippen LogP contribution is 2.37. The van der Waals surface area contributed by atoms with Crippen molar-refractivity contribution in [1.29, 1.82) is 0 Å². The summed E-state index contributed by atoms with van der Waals surface area (Å²) in [5.41, 5.74) is 3.33. The number of hydrogen-bond acceptors (Lipinski definition) is 7. The Labute approximate surface area is 465 Å². The number of carbonyl (C=O) groups excluding carboxylic acids is 6. The number of rotatable bonds is 23. The number of carbonyl (C=O) groups is 6. The molecule has 0 radical (unpaired) electrons. The molecule has 0 bridgehead atoms. The Morgan fingerprint density at radius 1 is 0.590 bits per heavy atom. The van der Waals surface area contributed by atoms with Gasteiger partial charge in [0.2, 0.25) is 17.7 Å². The minimum atomic E-state index is -0.578. The van der Waals surface area contributed by atoms with Gasteiger partial charge in [-0.25, -0.2) is 0 Å². The molecule has 5 amide bonds. The molecule has 2 heterocycles. The standard InChI is InChI=1S/C66H90N6O6/c1-7-45(2)62(74)68-61(52-26-18-11-19-27-52)66(78)72-39-33-47(4)59(72)44-70(37-35-50-22-14-9-15-23-50)64(76)56-31-29-53-40-55(30-28-54(53)41-56)63(75)69(36-34-49-20-12-8-13-21-49)43-58-46(3)32-38-71(58)65(77)57(42-60(73)48(5)67-6)51-24-16-10-17-25-51/h8-9,12-15,20-23,28-31,40-41,45-48,51-52,57-59,61,67H,7,10-11,16-19,24-27,32-39,42-44H2,1-6H3,(H,68,74)/t45-,46+,47+,48+,57+,58-,59-,61+/m1/s1. The quantitative estimate of drug-likeness (QED) is 0.0754. The normalized spacial score (nSPS) is 21.7. The summed E-state index contributed by atoms with van der Waals surface area (Å²) in [4.78, 5) is 94.5. The van der Waals surface area contributed by atoms with Crippen molar-refractivity contribution in [1.82, 2.24) is 30.2 Å². The molecule has 12 heteroatoms. The average molecular weight is 1060 g/mol. The van der Waals surface area contributed by atoms with Crippen molar-refractivity contribution in [3.63, 3.8) is 0 Å². The number of nitrogens with one attached hydrogen (secondary N) is 2. The zero-order chi connectivity index (χ0) is 55.3. The molecule has 4 aliphatic rings. The number of fused-ring (bicyclic) bond motifs is 1. The Morgan fingerprint density at radius 2 is 1.05 bits per heavy atom. The lowest BCUT2D eigenvalue weighted by atomic mass is 9.76. The van der Waals surface area contributed by atoms with Crippen LogP contribution in [0.4, 0.5) is 0 Å². The molecule has 4 aromatic carbocycles. The molecule has 2 aliphatic carbocycles. The van der Waals surface area contributed by atoms with Gasteiger partial charge in [0.25, 0.3) is 11.8 Å². The van der Waals surface area contributed by atoms with E-state index in [4.69, 9.17) is 0 Å². The van der Waals surface area contributed by atoms with Gasteiger partial charge in [-0.1, -0.05) is 139 Å². The maximum Gasteiger partial charge on any atom is 0.253 e. The molecule has 2 N–H and O–H groups in total. The molecule has 2 saturated heterocycles. The van der Waals surface area contributed by atoms with Crippen LogP contribution in [0, 0.1) is 35.5 Å². The van der Waals surface area contributed by atoms with Gasteiger partial charge in [0.1, 0.15) is 11.8 Å². The van der Waals surface area contributed by atoms with E-state index < -0.39 is 6.04 Å². The number of likely N-dealkylation sites (N-methyl/N-ethyl adjacent to an activating group) is 1. The highest BCUT2D eigenvalue weighted by Gasteiger charge is 2.44. The Hall–Kier alpha value is -5.88. The zero-order valence-electron chi connectivity index (χ0n) is 47.8. The van der Waals surface area contributed by atoms with E-state index >= 15 is 9.59 Å². The molecule has 12 nitrogen and oxygen atoms in total. The molecule has 420 valence electrons. The van der Waals surface area contributed by atoms with Gasteiger partial charge in [-0.2, -0.15) is 0 Å². The summed E-state index contributed by atoms with van der Waals surface area (Å²) in [6.45, 7) is 13.1. The van der Waals surface area contributed by atoms with E-state index in [1.807, 2.05) is 113 Å². The third-order valence-corrected chi connectivity index (χ3v) is 18.7. The summed E-state index contributed by atoms with van der Waals surface area (Å²) in [5, 5.41) is 8.00. The van der Waals surface area contributed by atoms with E-state index in [-0.39, 0.29) is 95.4 Å². The van der Waals surface area contributed by atoms with Crippen LogP contribution < -0.4 is 10.6 Å². The van der Waals surface area contributed by atoms with Gasteiger partial charge in [0, 0.05) is 68.7 Å². The molecule has 0 unspecified atom stereocenters. The summed E-state index contributed by atoms with van der Waals surface area (Å²) in [5.74, 6) is -0.146. The first-order valence-electron chi connectivity index (χ1n) is 30.1. The van der Waals surface area contributed by atoms with E-state index in [2.05, 4.69) is 48.7 Å². The Morgan fingerprint density at radius 3 is 1.51 bits per heavy atom. The molecular weight excluding hydrogens is 973 g/mol. The van der Waals surface area contributed by atoms with Gasteiger partial charge < -0.3 is 30.2 Å². The highest BCUT2D eigenvalue weighted by atomic mass is 16.2. The van der Waals surface area contributed by atoms with Crippen LogP contribution in [0.1, 0.15) is 156 Å². The van der Waals surface area contributed by atoms with E-state index in [1.54, 1.807) is 7.05 Å². The molecular formula is C66H90N6O6. The molecule has 4 fully saturated rings. The summed E-state index contributed by atoms with van der Waals surface area (Å²) < 4.78 is 0. The van der Waals surface area contributed by atoms with Crippen molar-refractivity contribution in [3.05, 3.63) is 119 Å². The first-order chi connectivity index (χ1) is 37.7. The number of ketones is 1. The molecule has 4 aromatic rings. The molecule has 0 spiro atoms. The molecule has 0 aromatic heterocycles. The lowest BCUT2D eigenvalue weighted by Gasteiger charge is -2.38. The topological polar surface area (TPSA) is 139 Å². The first-order valence-corrected chi connectivity index (χ1v) is 30.1. The molecule has 2 saturated carbocycles. The van der Waals surface area contributed by atoms with Crippen molar-refractivity contribution in [2.24, 2.45) is 35.5 Å². The number of amides is 5. The molecule has 78 heavy (non-hydrogen) atoms. The second kappa shape index (κ2) is 27.8. The van der Waals surface area contributed by atoms with Crippen LogP contribution in [0.15, 0.2) is 97.1 Å². The maximum atomic E-state index is 15.0. The van der Waals surface area contributed by atoms with Crippen LogP contribution in [0.3, 0.4) is 0 Å². The second-order valence-electron chi connectivity index (χ2n) is 23.9. The Balaban J connectivity index is 1.03. The summed E-state index contributed by atoms with van der Waals surface area (Å²) in [6.07, 6.45) is 14.2. The van der Waals surface area contributed by atoms with Crippen molar-refractivity contribution in [2.75, 3.05) is 46.3 Å². The summed E-state index contributed by atoms with van der Waals surface area (Å²) in [7, 11) is 1.79. The van der Waals surface area contributed by atoms with Crippen LogP contribution in [0.5, 0.6) is 0 Å². The number of nitrogens with zero attached hydrogens (tertiary/aromatic N) is 4. The van der Waals surface area contributed by atoms with Crippen LogP contribution in [-0.2, 0) is 32.0 Å². The number of likely N-dealkylation sites (tertiary alicyclic amines) is 2. The van der Waals surface area contributed by atoms with Gasteiger partial charge >= 0.3 is 0 Å². The van der Waals surface area contributed by atoms with Crippen LogP contribution >= 0.6 is 0 Å². The van der Waals surface area contributed by atoms with Crippen LogP contribution in [-0.4, -0.2) is 125 Å². The van der Waals surface area contributed by atoms with E-state index in [0.717, 1.165) is 98.9 Å². The number of hydrogen-bond donors (Lipinski definition) is 2. The minimum absolute atomic E-state index is 0.0203. The highest BCUT2D eigenvalue weighted by molar-refractivity contribution is 6.02.